The molecule has 0 radical (unpaired) electrons. The van der Waals surface area contributed by atoms with Crippen LogP contribution >= 0.6 is 0 Å². The number of likely N-dealkylation sites (N-methyl/N-ethyl adjacent to an activating group) is 1. The van der Waals surface area contributed by atoms with Crippen LogP contribution in [0.25, 0.3) is 0 Å². The van der Waals surface area contributed by atoms with E-state index in [-0.39, 0.29) is 12.6 Å². The number of carboxylic acids is 1. The second-order valence-corrected chi connectivity index (χ2v) is 7.56. The lowest BCUT2D eigenvalue weighted by Gasteiger charge is -2.34. The standard InChI is InChI=1S/C13H24N2O5S/c1-2-14(10-12-6-4-8-20-12)21(18,19)15-7-3-5-11(9-15)13(16)17/h11-12H,2-10H2,1H3,(H,16,17). The van der Waals surface area contributed by atoms with Crippen LogP contribution in [0.1, 0.15) is 32.6 Å². The van der Waals surface area contributed by atoms with Gasteiger partial charge >= 0.3 is 5.97 Å². The van der Waals surface area contributed by atoms with Gasteiger partial charge in [-0.1, -0.05) is 6.92 Å². The number of carboxylic acid groups (broad SMARTS) is 1. The Bertz CT molecular complexity index is 461. The van der Waals surface area contributed by atoms with Gasteiger partial charge < -0.3 is 9.84 Å². The molecular weight excluding hydrogens is 296 g/mol. The molecule has 2 rings (SSSR count). The number of nitrogens with zero attached hydrogens (tertiary/aromatic N) is 2. The molecule has 0 saturated carbocycles. The molecule has 0 aromatic heterocycles. The molecule has 1 N–H and O–H groups in total. The van der Waals surface area contributed by atoms with E-state index in [1.165, 1.54) is 8.61 Å². The minimum absolute atomic E-state index is 0.0419. The van der Waals surface area contributed by atoms with Crippen LogP contribution in [-0.2, 0) is 19.7 Å². The van der Waals surface area contributed by atoms with Crippen molar-refractivity contribution in [1.82, 2.24) is 8.61 Å². The van der Waals surface area contributed by atoms with E-state index in [0.717, 1.165) is 12.8 Å². The summed E-state index contributed by atoms with van der Waals surface area (Å²) in [6.45, 7) is 3.68. The van der Waals surface area contributed by atoms with Crippen LogP contribution < -0.4 is 0 Å². The summed E-state index contributed by atoms with van der Waals surface area (Å²) in [5.41, 5.74) is 0. The average molecular weight is 320 g/mol. The number of rotatable bonds is 6. The van der Waals surface area contributed by atoms with Gasteiger partial charge in [0.1, 0.15) is 0 Å². The fraction of sp³-hybridized carbons (Fsp3) is 0.923. The summed E-state index contributed by atoms with van der Waals surface area (Å²) in [7, 11) is -3.60. The van der Waals surface area contributed by atoms with Crippen molar-refractivity contribution in [2.75, 3.05) is 32.8 Å². The molecule has 21 heavy (non-hydrogen) atoms. The van der Waals surface area contributed by atoms with Gasteiger partial charge in [0.15, 0.2) is 0 Å². The molecule has 7 nitrogen and oxygen atoms in total. The largest absolute Gasteiger partial charge is 0.481 e. The van der Waals surface area contributed by atoms with E-state index >= 15 is 0 Å². The summed E-state index contributed by atoms with van der Waals surface area (Å²) in [6.07, 6.45) is 2.93. The van der Waals surface area contributed by atoms with E-state index in [4.69, 9.17) is 9.84 Å². The van der Waals surface area contributed by atoms with Crippen LogP contribution in [-0.4, -0.2) is 67.0 Å². The molecule has 0 aromatic rings. The van der Waals surface area contributed by atoms with Crippen molar-refractivity contribution in [2.45, 2.75) is 38.7 Å². The lowest BCUT2D eigenvalue weighted by atomic mass is 10.0. The van der Waals surface area contributed by atoms with E-state index in [1.807, 2.05) is 0 Å². The van der Waals surface area contributed by atoms with Crippen LogP contribution in [0.4, 0.5) is 0 Å². The third kappa shape index (κ3) is 3.94. The number of piperidine rings is 1. The molecule has 0 amide bonds. The van der Waals surface area contributed by atoms with Gasteiger partial charge in [-0.05, 0) is 25.7 Å². The van der Waals surface area contributed by atoms with E-state index in [1.54, 1.807) is 6.92 Å². The summed E-state index contributed by atoms with van der Waals surface area (Å²) in [5.74, 6) is -1.52. The number of ether oxygens (including phenoxy) is 1. The van der Waals surface area contributed by atoms with Crippen LogP contribution in [0.3, 0.4) is 0 Å². The lowest BCUT2D eigenvalue weighted by molar-refractivity contribution is -0.142. The molecular formula is C13H24N2O5S. The summed E-state index contributed by atoms with van der Waals surface area (Å²) in [4.78, 5) is 11.1. The molecule has 2 saturated heterocycles. The molecule has 2 atom stereocenters. The van der Waals surface area contributed by atoms with Gasteiger partial charge in [0.25, 0.3) is 10.2 Å². The number of carbonyl (C=O) groups is 1. The molecule has 0 bridgehead atoms. The predicted molar refractivity (Wildman–Crippen MR) is 77.1 cm³/mol. The molecule has 2 aliphatic heterocycles. The SMILES string of the molecule is CCN(CC1CCCO1)S(=O)(=O)N1CCCC(C(=O)O)C1. The van der Waals surface area contributed by atoms with Crippen molar-refractivity contribution in [2.24, 2.45) is 5.92 Å². The highest BCUT2D eigenvalue weighted by Gasteiger charge is 2.36. The van der Waals surface area contributed by atoms with Crippen LogP contribution in [0.15, 0.2) is 0 Å². The zero-order chi connectivity index (χ0) is 15.5. The molecule has 2 heterocycles. The van der Waals surface area contributed by atoms with Gasteiger partial charge in [0.2, 0.25) is 0 Å². The molecule has 0 aliphatic carbocycles. The third-order valence-electron chi connectivity index (χ3n) is 4.17. The molecule has 0 spiro atoms. The third-order valence-corrected chi connectivity index (χ3v) is 6.21. The van der Waals surface area contributed by atoms with E-state index < -0.39 is 22.1 Å². The number of hydrogen-bond donors (Lipinski definition) is 1. The maximum atomic E-state index is 12.7. The first-order valence-electron chi connectivity index (χ1n) is 7.54. The summed E-state index contributed by atoms with van der Waals surface area (Å²) < 4.78 is 33.6. The zero-order valence-corrected chi connectivity index (χ0v) is 13.2. The topological polar surface area (TPSA) is 87.2 Å². The molecule has 8 heteroatoms. The molecule has 2 unspecified atom stereocenters. The number of hydrogen-bond acceptors (Lipinski definition) is 4. The smallest absolute Gasteiger partial charge is 0.307 e. The van der Waals surface area contributed by atoms with Crippen molar-refractivity contribution >= 4 is 16.2 Å². The van der Waals surface area contributed by atoms with Crippen molar-refractivity contribution in [3.63, 3.8) is 0 Å². The van der Waals surface area contributed by atoms with Crippen LogP contribution in [0, 0.1) is 5.92 Å². The second-order valence-electron chi connectivity index (χ2n) is 5.63. The first kappa shape index (κ1) is 16.7. The monoisotopic (exact) mass is 320 g/mol. The Morgan fingerprint density at radius 1 is 1.38 bits per heavy atom. The summed E-state index contributed by atoms with van der Waals surface area (Å²) in [5, 5.41) is 9.09. The highest BCUT2D eigenvalue weighted by Crippen LogP contribution is 2.23. The Labute approximate surface area is 126 Å². The maximum absolute atomic E-state index is 12.7. The molecule has 122 valence electrons. The maximum Gasteiger partial charge on any atom is 0.307 e. The minimum Gasteiger partial charge on any atom is -0.481 e. The second kappa shape index (κ2) is 7.04. The summed E-state index contributed by atoms with van der Waals surface area (Å²) >= 11 is 0. The Hall–Kier alpha value is -0.700. The predicted octanol–water partition coefficient (Wildman–Crippen LogP) is 0.529. The first-order valence-corrected chi connectivity index (χ1v) is 8.94. The first-order chi connectivity index (χ1) is 9.95. The molecule has 2 aliphatic rings. The summed E-state index contributed by atoms with van der Waals surface area (Å²) in [6, 6.07) is 0. The fourth-order valence-corrected chi connectivity index (χ4v) is 4.65. The fourth-order valence-electron chi connectivity index (χ4n) is 2.92. The Balaban J connectivity index is 2.05. The normalized spacial score (nSPS) is 28.1. The van der Waals surface area contributed by atoms with E-state index in [0.29, 0.717) is 39.1 Å². The van der Waals surface area contributed by atoms with Gasteiger partial charge in [-0.25, -0.2) is 0 Å². The Morgan fingerprint density at radius 2 is 2.14 bits per heavy atom. The van der Waals surface area contributed by atoms with Gasteiger partial charge in [0, 0.05) is 32.8 Å². The van der Waals surface area contributed by atoms with E-state index in [2.05, 4.69) is 0 Å². The van der Waals surface area contributed by atoms with E-state index in [9.17, 15) is 13.2 Å². The van der Waals surface area contributed by atoms with Gasteiger partial charge in [-0.3, -0.25) is 4.79 Å². The quantitative estimate of drug-likeness (QED) is 0.771. The zero-order valence-electron chi connectivity index (χ0n) is 12.4. The van der Waals surface area contributed by atoms with Gasteiger partial charge in [0.05, 0.1) is 12.0 Å². The van der Waals surface area contributed by atoms with Crippen LogP contribution in [0.2, 0.25) is 0 Å². The highest BCUT2D eigenvalue weighted by molar-refractivity contribution is 7.86. The molecule has 2 fully saturated rings. The van der Waals surface area contributed by atoms with Crippen molar-refractivity contribution in [3.8, 4) is 0 Å². The van der Waals surface area contributed by atoms with Crippen molar-refractivity contribution < 1.29 is 23.1 Å². The van der Waals surface area contributed by atoms with Gasteiger partial charge in [-0.15, -0.1) is 0 Å². The van der Waals surface area contributed by atoms with Gasteiger partial charge in [-0.2, -0.15) is 17.0 Å². The minimum atomic E-state index is -3.60. The van der Waals surface area contributed by atoms with Crippen molar-refractivity contribution in [3.05, 3.63) is 0 Å². The van der Waals surface area contributed by atoms with Crippen LogP contribution in [0.5, 0.6) is 0 Å². The Kier molecular flexibility index (Phi) is 5.59. The molecule has 0 aromatic carbocycles. The lowest BCUT2D eigenvalue weighted by Crippen LogP contribution is -2.50. The number of aliphatic carboxylic acids is 1. The average Bonchev–Trinajstić information content (AvgIpc) is 2.97. The Morgan fingerprint density at radius 3 is 2.71 bits per heavy atom. The highest BCUT2D eigenvalue weighted by atomic mass is 32.2. The van der Waals surface area contributed by atoms with Crippen molar-refractivity contribution in [1.29, 1.82) is 0 Å².